The summed E-state index contributed by atoms with van der Waals surface area (Å²) in [6, 6.07) is 6.10. The lowest BCUT2D eigenvalue weighted by Gasteiger charge is -2.47. The van der Waals surface area contributed by atoms with E-state index in [0.717, 1.165) is 13.1 Å². The number of rotatable bonds is 7. The van der Waals surface area contributed by atoms with Crippen molar-refractivity contribution in [3.63, 3.8) is 0 Å². The van der Waals surface area contributed by atoms with E-state index in [1.165, 1.54) is 23.5 Å². The van der Waals surface area contributed by atoms with Gasteiger partial charge >= 0.3 is 6.18 Å². The summed E-state index contributed by atoms with van der Waals surface area (Å²) in [6.45, 7) is 6.52. The number of halogens is 5. The van der Waals surface area contributed by atoms with Crippen LogP contribution in [0.15, 0.2) is 36.8 Å². The molecule has 1 aromatic carbocycles. The summed E-state index contributed by atoms with van der Waals surface area (Å²) in [4.78, 5) is 23.7. The number of anilines is 1. The van der Waals surface area contributed by atoms with E-state index in [1.54, 1.807) is 29.8 Å². The van der Waals surface area contributed by atoms with Gasteiger partial charge in [-0.15, -0.1) is 10.2 Å². The van der Waals surface area contributed by atoms with Crippen LogP contribution < -0.4 is 4.90 Å². The number of aryl methyl sites for hydroxylation is 1. The van der Waals surface area contributed by atoms with E-state index in [4.69, 9.17) is 0 Å². The molecule has 2 aromatic heterocycles. The lowest BCUT2D eigenvalue weighted by atomic mass is 9.60. The molecule has 3 aromatic rings. The van der Waals surface area contributed by atoms with E-state index in [2.05, 4.69) is 38.8 Å². The molecule has 3 aliphatic rings. The maximum Gasteiger partial charge on any atom is 0.416 e. The van der Waals surface area contributed by atoms with Crippen molar-refractivity contribution in [2.45, 2.75) is 69.8 Å². The zero-order chi connectivity index (χ0) is 31.6. The smallest absolute Gasteiger partial charge is 0.321 e. The Kier molecular flexibility index (Phi) is 7.55. The highest BCUT2D eigenvalue weighted by atomic mass is 19.4. The van der Waals surface area contributed by atoms with Crippen molar-refractivity contribution in [1.29, 1.82) is 0 Å². The number of pyridine rings is 1. The Morgan fingerprint density at radius 2 is 1.84 bits per heavy atom. The molecule has 1 saturated heterocycles. The third kappa shape index (κ3) is 5.60. The van der Waals surface area contributed by atoms with Crippen LogP contribution in [0, 0.1) is 5.92 Å². The van der Waals surface area contributed by atoms with Crippen LogP contribution in [0.25, 0.3) is 0 Å². The molecule has 1 amide bonds. The fourth-order valence-corrected chi connectivity index (χ4v) is 7.09. The van der Waals surface area contributed by atoms with Gasteiger partial charge in [0.1, 0.15) is 18.0 Å². The second kappa shape index (κ2) is 10.9. The monoisotopic (exact) mass is 617 g/mol. The van der Waals surface area contributed by atoms with Gasteiger partial charge in [0.05, 0.1) is 12.1 Å². The van der Waals surface area contributed by atoms with Gasteiger partial charge in [-0.2, -0.15) is 13.2 Å². The van der Waals surface area contributed by atoms with Crippen molar-refractivity contribution >= 4 is 11.7 Å². The van der Waals surface area contributed by atoms with Crippen molar-refractivity contribution < 1.29 is 26.7 Å². The zero-order valence-corrected chi connectivity index (χ0v) is 25.2. The van der Waals surface area contributed by atoms with Crippen LogP contribution in [0.1, 0.15) is 65.1 Å². The third-order valence-corrected chi connectivity index (χ3v) is 9.43. The summed E-state index contributed by atoms with van der Waals surface area (Å²) in [7, 11) is 3.77. The van der Waals surface area contributed by atoms with E-state index < -0.39 is 41.8 Å². The molecule has 1 saturated carbocycles. The van der Waals surface area contributed by atoms with Gasteiger partial charge in [-0.05, 0) is 53.9 Å². The topological polar surface area (TPSA) is 70.4 Å². The number of carbonyl (C=O) groups is 1. The summed E-state index contributed by atoms with van der Waals surface area (Å²) in [6.07, 6.45) is -2.39. The average molecular weight is 618 g/mol. The highest BCUT2D eigenvalue weighted by molar-refractivity contribution is 6.10. The van der Waals surface area contributed by atoms with Gasteiger partial charge < -0.3 is 9.47 Å². The molecular weight excluding hydrogens is 581 g/mol. The molecule has 1 aliphatic carbocycles. The number of alkyl halides is 5. The number of likely N-dealkylation sites (N-methyl/N-ethyl adjacent to an activating group) is 1. The van der Waals surface area contributed by atoms with Crippen LogP contribution in [0.4, 0.5) is 27.8 Å². The molecule has 0 radical (unpaired) electrons. The number of hydrogen-bond donors (Lipinski definition) is 0. The SMILES string of the molecule is CC(C)[C@H]1CN(C)CCN1Cc1cc2c(c(C(F)(F)F)c1)CN(c1cc(C3(Cc4nncn4C)CC(F)(F)C3)ccn1)C2=O. The van der Waals surface area contributed by atoms with Crippen LogP contribution >= 0.6 is 0 Å². The van der Waals surface area contributed by atoms with Crippen molar-refractivity contribution in [3.8, 4) is 0 Å². The standard InChI is InChI=1S/C31H36F5N7O/c1-19(2)25-15-40(3)7-8-42(25)13-20-9-22-23(24(10-20)31(34,35)36)14-43(28(22)44)26-11-21(5-6-37-26)29(16-30(32,33)17-29)12-27-39-38-18-41(27)4/h5-6,9-11,18-19,25H,7-8,12-17H2,1-4H3/t25-/m1/s1. The second-order valence-corrected chi connectivity index (χ2v) is 13.0. The first-order chi connectivity index (χ1) is 20.7. The molecule has 2 fully saturated rings. The Morgan fingerprint density at radius 3 is 2.48 bits per heavy atom. The number of amides is 1. The van der Waals surface area contributed by atoms with Crippen molar-refractivity contribution in [2.75, 3.05) is 31.6 Å². The minimum Gasteiger partial charge on any atom is -0.321 e. The van der Waals surface area contributed by atoms with Crippen LogP contribution in [0.2, 0.25) is 0 Å². The molecule has 8 nitrogen and oxygen atoms in total. The van der Waals surface area contributed by atoms with Gasteiger partial charge in [-0.1, -0.05) is 13.8 Å². The predicted molar refractivity (Wildman–Crippen MR) is 153 cm³/mol. The zero-order valence-electron chi connectivity index (χ0n) is 25.2. The summed E-state index contributed by atoms with van der Waals surface area (Å²) < 4.78 is 73.6. The van der Waals surface area contributed by atoms with Gasteiger partial charge in [0, 0.05) is 75.7 Å². The number of aromatic nitrogens is 4. The molecule has 2 aliphatic heterocycles. The van der Waals surface area contributed by atoms with E-state index in [0.29, 0.717) is 36.0 Å². The van der Waals surface area contributed by atoms with E-state index in [1.807, 2.05) is 7.05 Å². The summed E-state index contributed by atoms with van der Waals surface area (Å²) in [5.74, 6) is -2.48. The molecule has 0 bridgehead atoms. The van der Waals surface area contributed by atoms with E-state index in [-0.39, 0.29) is 36.0 Å². The maximum atomic E-state index is 14.4. The maximum absolute atomic E-state index is 14.4. The molecule has 44 heavy (non-hydrogen) atoms. The van der Waals surface area contributed by atoms with Crippen molar-refractivity contribution in [2.24, 2.45) is 13.0 Å². The molecule has 13 heteroatoms. The number of hydrogen-bond acceptors (Lipinski definition) is 6. The molecule has 0 spiro atoms. The van der Waals surface area contributed by atoms with Gasteiger partial charge in [-0.25, -0.2) is 13.8 Å². The Morgan fingerprint density at radius 1 is 1.09 bits per heavy atom. The van der Waals surface area contributed by atoms with Crippen LogP contribution in [0.5, 0.6) is 0 Å². The predicted octanol–water partition coefficient (Wildman–Crippen LogP) is 5.07. The number of nitrogens with zero attached hydrogens (tertiary/aromatic N) is 7. The van der Waals surface area contributed by atoms with Gasteiger partial charge in [0.25, 0.3) is 5.91 Å². The van der Waals surface area contributed by atoms with Crippen LogP contribution in [-0.2, 0) is 38.1 Å². The number of benzene rings is 1. The molecule has 1 atom stereocenters. The Hall–Kier alpha value is -3.45. The molecule has 236 valence electrons. The minimum atomic E-state index is -4.66. The first-order valence-corrected chi connectivity index (χ1v) is 14.8. The highest BCUT2D eigenvalue weighted by Crippen LogP contribution is 2.55. The van der Waals surface area contributed by atoms with Gasteiger partial charge in [0.2, 0.25) is 5.92 Å². The second-order valence-electron chi connectivity index (χ2n) is 13.0. The molecule has 0 unspecified atom stereocenters. The van der Waals surface area contributed by atoms with Crippen molar-refractivity contribution in [3.05, 3.63) is 70.4 Å². The molecule has 4 heterocycles. The normalized spacial score (nSPS) is 22.0. The third-order valence-electron chi connectivity index (χ3n) is 9.43. The largest absolute Gasteiger partial charge is 0.416 e. The average Bonchev–Trinajstić information content (AvgIpc) is 3.49. The Balaban J connectivity index is 1.32. The Bertz CT molecular complexity index is 1560. The van der Waals surface area contributed by atoms with Gasteiger partial charge in [0.15, 0.2) is 0 Å². The quantitative estimate of drug-likeness (QED) is 0.345. The lowest BCUT2D eigenvalue weighted by Crippen LogP contribution is -2.53. The Labute approximate surface area is 252 Å². The molecule has 6 rings (SSSR count). The first-order valence-electron chi connectivity index (χ1n) is 14.8. The molecular formula is C31H36F5N7O. The van der Waals surface area contributed by atoms with E-state index >= 15 is 0 Å². The van der Waals surface area contributed by atoms with Crippen LogP contribution in [-0.4, -0.2) is 74.1 Å². The summed E-state index contributed by atoms with van der Waals surface area (Å²) in [5, 5.41) is 7.93. The fraction of sp³-hybridized carbons (Fsp3) is 0.548. The van der Waals surface area contributed by atoms with Crippen molar-refractivity contribution in [1.82, 2.24) is 29.5 Å². The molecule has 0 N–H and O–H groups in total. The number of piperazine rings is 1. The summed E-state index contributed by atoms with van der Waals surface area (Å²) >= 11 is 0. The highest BCUT2D eigenvalue weighted by Gasteiger charge is 2.58. The van der Waals surface area contributed by atoms with Gasteiger partial charge in [-0.3, -0.25) is 14.6 Å². The number of carbonyl (C=O) groups excluding carboxylic acids is 1. The minimum absolute atomic E-state index is 0.00114. The van der Waals surface area contributed by atoms with Crippen LogP contribution in [0.3, 0.4) is 0 Å². The first kappa shape index (κ1) is 30.6. The number of fused-ring (bicyclic) bond motifs is 1. The summed E-state index contributed by atoms with van der Waals surface area (Å²) in [5.41, 5.74) is -0.932. The fourth-order valence-electron chi connectivity index (χ4n) is 7.09. The van der Waals surface area contributed by atoms with E-state index in [9.17, 15) is 26.7 Å². The lowest BCUT2D eigenvalue weighted by molar-refractivity contribution is -0.138.